The van der Waals surface area contributed by atoms with E-state index in [1.807, 2.05) is 44.2 Å². The minimum atomic E-state index is -4.39. The SMILES string of the molecule is C=CS(=O)(=O)NC[C@H](C)CC[C@@H]1C(C)c2cc(C(F)(F)F)ccc2N[C@H]1c1ccccc1. The molecule has 0 radical (unpaired) electrons. The fourth-order valence-corrected chi connectivity index (χ4v) is 4.98. The van der Waals surface area contributed by atoms with Crippen molar-refractivity contribution in [3.05, 3.63) is 77.2 Å². The Balaban J connectivity index is 1.85. The summed E-state index contributed by atoms with van der Waals surface area (Å²) in [7, 11) is -3.49. The summed E-state index contributed by atoms with van der Waals surface area (Å²) in [5.41, 5.74) is 1.82. The van der Waals surface area contributed by atoms with Gasteiger partial charge in [0, 0.05) is 17.6 Å². The lowest BCUT2D eigenvalue weighted by Gasteiger charge is -2.40. The zero-order chi connectivity index (χ0) is 23.5. The predicted octanol–water partition coefficient (Wildman–Crippen LogP) is 6.07. The normalized spacial score (nSPS) is 22.0. The second-order valence-electron chi connectivity index (χ2n) is 8.53. The molecule has 0 aromatic heterocycles. The summed E-state index contributed by atoms with van der Waals surface area (Å²) in [6.07, 6.45) is -2.92. The number of hydrogen-bond acceptors (Lipinski definition) is 3. The zero-order valence-corrected chi connectivity index (χ0v) is 19.0. The van der Waals surface area contributed by atoms with Crippen LogP contribution in [-0.4, -0.2) is 15.0 Å². The van der Waals surface area contributed by atoms with Crippen LogP contribution in [0.3, 0.4) is 0 Å². The van der Waals surface area contributed by atoms with Crippen molar-refractivity contribution in [3.8, 4) is 0 Å². The van der Waals surface area contributed by atoms with E-state index in [-0.39, 0.29) is 30.3 Å². The fourth-order valence-electron chi connectivity index (χ4n) is 4.35. The Bertz CT molecular complexity index is 1040. The van der Waals surface area contributed by atoms with Gasteiger partial charge in [0.15, 0.2) is 0 Å². The highest BCUT2D eigenvalue weighted by atomic mass is 32.2. The van der Waals surface area contributed by atoms with E-state index in [4.69, 9.17) is 0 Å². The van der Waals surface area contributed by atoms with Gasteiger partial charge in [-0.05, 0) is 59.9 Å². The maximum absolute atomic E-state index is 13.3. The maximum Gasteiger partial charge on any atom is 0.416 e. The van der Waals surface area contributed by atoms with Crippen LogP contribution in [0.4, 0.5) is 18.9 Å². The molecule has 174 valence electrons. The van der Waals surface area contributed by atoms with Gasteiger partial charge in [0.25, 0.3) is 0 Å². The summed E-state index contributed by atoms with van der Waals surface area (Å²) < 4.78 is 65.7. The Labute approximate surface area is 188 Å². The van der Waals surface area contributed by atoms with Crippen LogP contribution in [0, 0.1) is 11.8 Å². The standard InChI is InChI=1S/C24H29F3N2O2S/c1-4-32(30,31)28-15-16(2)10-12-20-17(3)21-14-19(24(25,26)27)11-13-22(21)29-23(20)18-8-6-5-7-9-18/h4-9,11,13-14,16-17,20,23,28-29H,1,10,12,15H2,2-3H3/t16-,17?,20-,23+/m1/s1. The van der Waals surface area contributed by atoms with Crippen molar-refractivity contribution in [1.82, 2.24) is 4.72 Å². The van der Waals surface area contributed by atoms with Crippen LogP contribution in [0.5, 0.6) is 0 Å². The molecule has 1 aliphatic rings. The lowest BCUT2D eigenvalue weighted by atomic mass is 9.73. The average Bonchev–Trinajstić information content (AvgIpc) is 2.76. The van der Waals surface area contributed by atoms with E-state index >= 15 is 0 Å². The van der Waals surface area contributed by atoms with Crippen LogP contribution < -0.4 is 10.0 Å². The first-order valence-corrected chi connectivity index (χ1v) is 12.2. The molecular formula is C24H29F3N2O2S. The van der Waals surface area contributed by atoms with Gasteiger partial charge in [-0.15, -0.1) is 0 Å². The van der Waals surface area contributed by atoms with Crippen molar-refractivity contribution < 1.29 is 21.6 Å². The van der Waals surface area contributed by atoms with Crippen LogP contribution in [0.15, 0.2) is 60.5 Å². The topological polar surface area (TPSA) is 58.2 Å². The first kappa shape index (κ1) is 24.3. The van der Waals surface area contributed by atoms with Crippen LogP contribution in [-0.2, 0) is 16.2 Å². The van der Waals surface area contributed by atoms with Gasteiger partial charge in [-0.1, -0.05) is 50.8 Å². The molecule has 32 heavy (non-hydrogen) atoms. The molecular weight excluding hydrogens is 437 g/mol. The number of nitrogens with one attached hydrogen (secondary N) is 2. The highest BCUT2D eigenvalue weighted by Crippen LogP contribution is 2.48. The average molecular weight is 467 g/mol. The number of halogens is 3. The molecule has 0 spiro atoms. The summed E-state index contributed by atoms with van der Waals surface area (Å²) in [6, 6.07) is 13.7. The fraction of sp³-hybridized carbons (Fsp3) is 0.417. The maximum atomic E-state index is 13.3. The summed E-state index contributed by atoms with van der Waals surface area (Å²) in [5.74, 6) is 0.0129. The van der Waals surface area contributed by atoms with Gasteiger partial charge < -0.3 is 5.32 Å². The Morgan fingerprint density at radius 3 is 2.50 bits per heavy atom. The van der Waals surface area contributed by atoms with Gasteiger partial charge in [0.2, 0.25) is 10.0 Å². The molecule has 2 aromatic carbocycles. The number of rotatable bonds is 8. The van der Waals surface area contributed by atoms with E-state index in [0.717, 1.165) is 35.6 Å². The van der Waals surface area contributed by atoms with E-state index in [1.165, 1.54) is 12.1 Å². The Morgan fingerprint density at radius 1 is 1.19 bits per heavy atom. The minimum Gasteiger partial charge on any atom is -0.378 e. The molecule has 0 aliphatic carbocycles. The first-order chi connectivity index (χ1) is 15.0. The lowest BCUT2D eigenvalue weighted by molar-refractivity contribution is -0.137. The van der Waals surface area contributed by atoms with Crippen LogP contribution in [0.2, 0.25) is 0 Å². The Hall–Kier alpha value is -2.32. The van der Waals surface area contributed by atoms with Crippen LogP contribution in [0.25, 0.3) is 0 Å². The molecule has 0 bridgehead atoms. The largest absolute Gasteiger partial charge is 0.416 e. The number of hydrogen-bond donors (Lipinski definition) is 2. The smallest absolute Gasteiger partial charge is 0.378 e. The van der Waals surface area contributed by atoms with Gasteiger partial charge in [-0.3, -0.25) is 0 Å². The third-order valence-electron chi connectivity index (χ3n) is 6.25. The second-order valence-corrected chi connectivity index (χ2v) is 10.2. The molecule has 2 N–H and O–H groups in total. The third kappa shape index (κ3) is 5.72. The van der Waals surface area contributed by atoms with Crippen molar-refractivity contribution >= 4 is 15.7 Å². The van der Waals surface area contributed by atoms with Gasteiger partial charge in [-0.2, -0.15) is 13.2 Å². The van der Waals surface area contributed by atoms with Crippen molar-refractivity contribution in [2.45, 2.75) is 44.8 Å². The third-order valence-corrected chi connectivity index (χ3v) is 7.26. The summed E-state index contributed by atoms with van der Waals surface area (Å²) in [5, 5.41) is 4.35. The Kier molecular flexibility index (Phi) is 7.35. The number of anilines is 1. The molecule has 0 amide bonds. The number of alkyl halides is 3. The molecule has 1 unspecified atom stereocenters. The zero-order valence-electron chi connectivity index (χ0n) is 18.2. The van der Waals surface area contributed by atoms with Gasteiger partial charge in [0.05, 0.1) is 11.6 Å². The molecule has 2 aromatic rings. The van der Waals surface area contributed by atoms with E-state index in [0.29, 0.717) is 5.56 Å². The van der Waals surface area contributed by atoms with Crippen molar-refractivity contribution in [3.63, 3.8) is 0 Å². The molecule has 4 nitrogen and oxygen atoms in total. The molecule has 3 rings (SSSR count). The quantitative estimate of drug-likeness (QED) is 0.496. The molecule has 0 saturated heterocycles. The minimum absolute atomic E-state index is 0.0480. The van der Waals surface area contributed by atoms with Crippen LogP contribution >= 0.6 is 0 Å². The number of fused-ring (bicyclic) bond motifs is 1. The summed E-state index contributed by atoms with van der Waals surface area (Å²) in [4.78, 5) is 0. The highest BCUT2D eigenvalue weighted by molar-refractivity contribution is 7.92. The monoisotopic (exact) mass is 466 g/mol. The predicted molar refractivity (Wildman–Crippen MR) is 122 cm³/mol. The summed E-state index contributed by atoms with van der Waals surface area (Å²) >= 11 is 0. The highest BCUT2D eigenvalue weighted by Gasteiger charge is 2.37. The van der Waals surface area contributed by atoms with Gasteiger partial charge >= 0.3 is 6.18 Å². The molecule has 0 fully saturated rings. The summed E-state index contributed by atoms with van der Waals surface area (Å²) in [6.45, 7) is 7.51. The van der Waals surface area contributed by atoms with Gasteiger partial charge in [0.1, 0.15) is 0 Å². The van der Waals surface area contributed by atoms with E-state index in [9.17, 15) is 21.6 Å². The van der Waals surface area contributed by atoms with Crippen LogP contribution in [0.1, 0.15) is 55.3 Å². The Morgan fingerprint density at radius 2 is 1.88 bits per heavy atom. The molecule has 1 aliphatic heterocycles. The van der Waals surface area contributed by atoms with Gasteiger partial charge in [-0.25, -0.2) is 13.1 Å². The number of sulfonamides is 1. The molecule has 4 atom stereocenters. The molecule has 8 heteroatoms. The van der Waals surface area contributed by atoms with E-state index in [1.54, 1.807) is 0 Å². The number of benzene rings is 2. The van der Waals surface area contributed by atoms with Crippen molar-refractivity contribution in [2.75, 3.05) is 11.9 Å². The molecule has 0 saturated carbocycles. The van der Waals surface area contributed by atoms with E-state index < -0.39 is 21.8 Å². The van der Waals surface area contributed by atoms with Crippen molar-refractivity contribution in [2.24, 2.45) is 11.8 Å². The first-order valence-electron chi connectivity index (χ1n) is 10.7. The molecule has 1 heterocycles. The lowest BCUT2D eigenvalue weighted by Crippen LogP contribution is -2.32. The van der Waals surface area contributed by atoms with Crippen molar-refractivity contribution in [1.29, 1.82) is 0 Å². The van der Waals surface area contributed by atoms with E-state index in [2.05, 4.69) is 16.6 Å². The second kappa shape index (κ2) is 9.67.